The molecule has 0 atom stereocenters. The molecule has 2 aromatic heterocycles. The summed E-state index contributed by atoms with van der Waals surface area (Å²) in [5.74, 6) is -0.809. The molecule has 0 aliphatic carbocycles. The molecular formula is C14H8BrFN2O2. The van der Waals surface area contributed by atoms with Crippen LogP contribution in [0, 0.1) is 5.82 Å². The molecule has 0 saturated carbocycles. The molecule has 2 heterocycles. The van der Waals surface area contributed by atoms with E-state index in [9.17, 15) is 14.3 Å². The van der Waals surface area contributed by atoms with Gasteiger partial charge in [0.2, 0.25) is 0 Å². The molecule has 0 amide bonds. The van der Waals surface area contributed by atoms with Gasteiger partial charge in [0.25, 0.3) is 0 Å². The molecule has 20 heavy (non-hydrogen) atoms. The van der Waals surface area contributed by atoms with Gasteiger partial charge in [-0.1, -0.05) is 0 Å². The van der Waals surface area contributed by atoms with Gasteiger partial charge < -0.3 is 5.11 Å². The summed E-state index contributed by atoms with van der Waals surface area (Å²) in [4.78, 5) is 15.6. The molecule has 0 saturated heterocycles. The number of hydrogen-bond acceptors (Lipinski definition) is 2. The van der Waals surface area contributed by atoms with Crippen LogP contribution in [0.2, 0.25) is 0 Å². The predicted molar refractivity (Wildman–Crippen MR) is 75.2 cm³/mol. The molecule has 6 heteroatoms. The van der Waals surface area contributed by atoms with E-state index in [1.54, 1.807) is 28.8 Å². The molecule has 0 unspecified atom stereocenters. The molecule has 3 rings (SSSR count). The van der Waals surface area contributed by atoms with E-state index in [0.29, 0.717) is 21.5 Å². The minimum Gasteiger partial charge on any atom is -0.478 e. The summed E-state index contributed by atoms with van der Waals surface area (Å²) >= 11 is 3.28. The highest BCUT2D eigenvalue weighted by atomic mass is 79.9. The zero-order chi connectivity index (χ0) is 14.3. The van der Waals surface area contributed by atoms with Gasteiger partial charge in [-0.05, 0) is 52.3 Å². The Kier molecular flexibility index (Phi) is 3.02. The molecule has 0 radical (unpaired) electrons. The molecule has 4 nitrogen and oxygen atoms in total. The summed E-state index contributed by atoms with van der Waals surface area (Å²) in [6, 6.07) is 9.03. The van der Waals surface area contributed by atoms with Gasteiger partial charge in [-0.2, -0.15) is 0 Å². The number of imidazole rings is 1. The first-order valence-corrected chi connectivity index (χ1v) is 6.53. The van der Waals surface area contributed by atoms with Crippen LogP contribution in [-0.2, 0) is 0 Å². The second-order valence-corrected chi connectivity index (χ2v) is 4.93. The summed E-state index contributed by atoms with van der Waals surface area (Å²) in [6.07, 6.45) is 1.72. The van der Waals surface area contributed by atoms with Gasteiger partial charge in [-0.15, -0.1) is 0 Å². The number of carbonyl (C=O) groups is 1. The molecule has 0 spiro atoms. The Hall–Kier alpha value is -2.21. The second-order valence-electron chi connectivity index (χ2n) is 4.18. The Balaban J connectivity index is 2.31. The van der Waals surface area contributed by atoms with E-state index in [1.807, 2.05) is 0 Å². The van der Waals surface area contributed by atoms with Crippen molar-refractivity contribution in [2.45, 2.75) is 0 Å². The van der Waals surface area contributed by atoms with Gasteiger partial charge in [0.1, 0.15) is 16.2 Å². The lowest BCUT2D eigenvalue weighted by Crippen LogP contribution is -2.00. The standard InChI is InChI=1S/C14H8BrFN2O2/c15-12-11-10(14(19)20)2-1-7-18(11)13(17-12)8-3-5-9(16)6-4-8/h1-7H,(H,19,20). The van der Waals surface area contributed by atoms with Crippen LogP contribution in [0.4, 0.5) is 4.39 Å². The Morgan fingerprint density at radius 3 is 2.60 bits per heavy atom. The van der Waals surface area contributed by atoms with Crippen molar-refractivity contribution in [2.75, 3.05) is 0 Å². The van der Waals surface area contributed by atoms with E-state index in [4.69, 9.17) is 0 Å². The topological polar surface area (TPSA) is 54.6 Å². The fourth-order valence-electron chi connectivity index (χ4n) is 2.07. The van der Waals surface area contributed by atoms with Crippen molar-refractivity contribution in [2.24, 2.45) is 0 Å². The third-order valence-electron chi connectivity index (χ3n) is 2.95. The van der Waals surface area contributed by atoms with Crippen molar-refractivity contribution >= 4 is 27.4 Å². The summed E-state index contributed by atoms with van der Waals surface area (Å²) < 4.78 is 15.1. The van der Waals surface area contributed by atoms with Crippen LogP contribution >= 0.6 is 15.9 Å². The zero-order valence-corrected chi connectivity index (χ0v) is 11.6. The number of halogens is 2. The van der Waals surface area contributed by atoms with E-state index < -0.39 is 5.97 Å². The number of rotatable bonds is 2. The molecule has 100 valence electrons. The Bertz CT molecular complexity index is 812. The quantitative estimate of drug-likeness (QED) is 0.779. The molecule has 1 N–H and O–H groups in total. The van der Waals surface area contributed by atoms with Crippen molar-refractivity contribution < 1.29 is 14.3 Å². The number of fused-ring (bicyclic) bond motifs is 1. The average molecular weight is 335 g/mol. The number of carboxylic acids is 1. The van der Waals surface area contributed by atoms with Crippen LogP contribution in [0.1, 0.15) is 10.4 Å². The summed E-state index contributed by atoms with van der Waals surface area (Å²) in [5.41, 5.74) is 1.33. The zero-order valence-electron chi connectivity index (χ0n) is 10.0. The van der Waals surface area contributed by atoms with Crippen molar-refractivity contribution in [3.8, 4) is 11.4 Å². The van der Waals surface area contributed by atoms with Crippen molar-refractivity contribution in [3.63, 3.8) is 0 Å². The summed E-state index contributed by atoms with van der Waals surface area (Å²) in [5, 5.41) is 9.21. The average Bonchev–Trinajstić information content (AvgIpc) is 2.77. The van der Waals surface area contributed by atoms with Gasteiger partial charge in [0, 0.05) is 11.8 Å². The molecule has 0 bridgehead atoms. The van der Waals surface area contributed by atoms with Gasteiger partial charge in [0.15, 0.2) is 0 Å². The van der Waals surface area contributed by atoms with Crippen molar-refractivity contribution in [1.82, 2.24) is 9.38 Å². The van der Waals surface area contributed by atoms with E-state index in [2.05, 4.69) is 20.9 Å². The SMILES string of the molecule is O=C(O)c1cccn2c(-c3ccc(F)cc3)nc(Br)c12. The first kappa shape index (κ1) is 12.8. The van der Waals surface area contributed by atoms with Gasteiger partial charge in [-0.25, -0.2) is 14.2 Å². The molecule has 0 fully saturated rings. The van der Waals surface area contributed by atoms with Crippen LogP contribution < -0.4 is 0 Å². The minimum absolute atomic E-state index is 0.153. The number of aromatic nitrogens is 2. The smallest absolute Gasteiger partial charge is 0.337 e. The number of benzene rings is 1. The maximum atomic E-state index is 13.0. The highest BCUT2D eigenvalue weighted by Crippen LogP contribution is 2.28. The third kappa shape index (κ3) is 1.98. The predicted octanol–water partition coefficient (Wildman–Crippen LogP) is 3.60. The van der Waals surface area contributed by atoms with E-state index >= 15 is 0 Å². The van der Waals surface area contributed by atoms with Crippen LogP contribution in [-0.4, -0.2) is 20.5 Å². The molecular weight excluding hydrogens is 327 g/mol. The van der Waals surface area contributed by atoms with Gasteiger partial charge in [-0.3, -0.25) is 4.40 Å². The fourth-order valence-corrected chi connectivity index (χ4v) is 2.64. The van der Waals surface area contributed by atoms with Crippen LogP contribution in [0.25, 0.3) is 16.9 Å². The normalized spacial score (nSPS) is 10.9. The maximum absolute atomic E-state index is 13.0. The van der Waals surface area contributed by atoms with E-state index in [0.717, 1.165) is 0 Å². The van der Waals surface area contributed by atoms with Crippen molar-refractivity contribution in [3.05, 3.63) is 58.6 Å². The van der Waals surface area contributed by atoms with Crippen molar-refractivity contribution in [1.29, 1.82) is 0 Å². The van der Waals surface area contributed by atoms with E-state index in [1.165, 1.54) is 18.2 Å². The van der Waals surface area contributed by atoms with Crippen LogP contribution in [0.15, 0.2) is 47.2 Å². The molecule has 3 aromatic rings. The highest BCUT2D eigenvalue weighted by molar-refractivity contribution is 9.10. The van der Waals surface area contributed by atoms with Crippen LogP contribution in [0.5, 0.6) is 0 Å². The summed E-state index contributed by atoms with van der Waals surface area (Å²) in [7, 11) is 0. The molecule has 0 aliphatic heterocycles. The number of pyridine rings is 1. The Labute approximate surface area is 121 Å². The first-order valence-electron chi connectivity index (χ1n) is 5.74. The number of hydrogen-bond donors (Lipinski definition) is 1. The Morgan fingerprint density at radius 2 is 1.95 bits per heavy atom. The largest absolute Gasteiger partial charge is 0.478 e. The van der Waals surface area contributed by atoms with Gasteiger partial charge in [0.05, 0.1) is 11.1 Å². The van der Waals surface area contributed by atoms with Gasteiger partial charge >= 0.3 is 5.97 Å². The highest BCUT2D eigenvalue weighted by Gasteiger charge is 2.17. The lowest BCUT2D eigenvalue weighted by Gasteiger charge is -2.03. The third-order valence-corrected chi connectivity index (χ3v) is 3.51. The summed E-state index contributed by atoms with van der Waals surface area (Å²) in [6.45, 7) is 0. The molecule has 1 aromatic carbocycles. The number of aromatic carboxylic acids is 1. The Morgan fingerprint density at radius 1 is 1.25 bits per heavy atom. The lowest BCUT2D eigenvalue weighted by atomic mass is 10.2. The minimum atomic E-state index is -1.03. The fraction of sp³-hybridized carbons (Fsp3) is 0. The monoisotopic (exact) mass is 334 g/mol. The maximum Gasteiger partial charge on any atom is 0.337 e. The number of nitrogens with zero attached hydrogens (tertiary/aromatic N) is 2. The lowest BCUT2D eigenvalue weighted by molar-refractivity contribution is 0.0698. The molecule has 0 aliphatic rings. The number of carboxylic acid groups (broad SMARTS) is 1. The van der Waals surface area contributed by atoms with E-state index in [-0.39, 0.29) is 11.4 Å². The second kappa shape index (κ2) is 4.72. The van der Waals surface area contributed by atoms with Crippen LogP contribution in [0.3, 0.4) is 0 Å². The first-order chi connectivity index (χ1) is 9.58.